The van der Waals surface area contributed by atoms with E-state index in [0.29, 0.717) is 17.0 Å². The second kappa shape index (κ2) is 5.90. The summed E-state index contributed by atoms with van der Waals surface area (Å²) in [6, 6.07) is 10.3. The third-order valence-electron chi connectivity index (χ3n) is 3.08. The summed E-state index contributed by atoms with van der Waals surface area (Å²) in [6.45, 7) is 1.63. The van der Waals surface area contributed by atoms with Gasteiger partial charge in [-0.2, -0.15) is 0 Å². The topological polar surface area (TPSA) is 20.2 Å². The third kappa shape index (κ3) is 4.02. The monoisotopic (exact) mass is 296 g/mol. The first-order chi connectivity index (χ1) is 9.35. The average molecular weight is 297 g/mol. The zero-order valence-electron chi connectivity index (χ0n) is 11.0. The Hall–Kier alpha value is -1.45. The van der Waals surface area contributed by atoms with E-state index in [1.54, 1.807) is 31.2 Å². The maximum Gasteiger partial charge on any atom is 0.127 e. The van der Waals surface area contributed by atoms with Crippen LogP contribution in [0.15, 0.2) is 42.5 Å². The summed E-state index contributed by atoms with van der Waals surface area (Å²) in [5.41, 5.74) is 0.0826. The maximum absolute atomic E-state index is 13.7. The number of halogens is 3. The minimum absolute atomic E-state index is 0.160. The quantitative estimate of drug-likeness (QED) is 0.898. The molecule has 0 heterocycles. The Balaban J connectivity index is 2.12. The zero-order chi connectivity index (χ0) is 14.8. The van der Waals surface area contributed by atoms with Gasteiger partial charge in [0.05, 0.1) is 5.60 Å². The predicted molar refractivity (Wildman–Crippen MR) is 75.8 cm³/mol. The van der Waals surface area contributed by atoms with Crippen LogP contribution in [0.1, 0.15) is 18.1 Å². The lowest BCUT2D eigenvalue weighted by atomic mass is 9.89. The SMILES string of the molecule is CC(O)(Cc1ccc(F)cc1)Cc1ccc(Cl)cc1F. The van der Waals surface area contributed by atoms with Crippen molar-refractivity contribution in [1.29, 1.82) is 0 Å². The molecule has 2 rings (SSSR count). The van der Waals surface area contributed by atoms with Gasteiger partial charge in [-0.15, -0.1) is 0 Å². The Bertz CT molecular complexity index is 594. The average Bonchev–Trinajstić information content (AvgIpc) is 2.35. The molecule has 0 aliphatic heterocycles. The van der Waals surface area contributed by atoms with Gasteiger partial charge in [0.15, 0.2) is 0 Å². The van der Waals surface area contributed by atoms with E-state index in [1.807, 2.05) is 0 Å². The molecule has 2 aromatic carbocycles. The van der Waals surface area contributed by atoms with Crippen molar-refractivity contribution in [2.45, 2.75) is 25.4 Å². The predicted octanol–water partition coefficient (Wildman–Crippen LogP) is 4.15. The standard InChI is InChI=1S/C16H15ClF2O/c1-16(20,9-11-2-6-14(18)7-3-11)10-12-4-5-13(17)8-15(12)19/h2-8,20H,9-10H2,1H3. The Labute approximate surface area is 121 Å². The van der Waals surface area contributed by atoms with Crippen molar-refractivity contribution in [3.05, 3.63) is 70.2 Å². The molecule has 20 heavy (non-hydrogen) atoms. The minimum atomic E-state index is -1.12. The summed E-state index contributed by atoms with van der Waals surface area (Å²) < 4.78 is 26.6. The molecule has 0 saturated carbocycles. The maximum atomic E-state index is 13.7. The molecule has 0 aromatic heterocycles. The number of hydrogen-bond donors (Lipinski definition) is 1. The molecule has 0 amide bonds. The Kier molecular flexibility index (Phi) is 4.41. The van der Waals surface area contributed by atoms with Crippen LogP contribution in [0.4, 0.5) is 8.78 Å². The molecule has 1 atom stereocenters. The van der Waals surface area contributed by atoms with Gasteiger partial charge in [0, 0.05) is 17.9 Å². The van der Waals surface area contributed by atoms with Crippen LogP contribution >= 0.6 is 11.6 Å². The van der Waals surface area contributed by atoms with Crippen molar-refractivity contribution in [2.75, 3.05) is 0 Å². The van der Waals surface area contributed by atoms with Crippen LogP contribution in [0.3, 0.4) is 0 Å². The fourth-order valence-electron chi connectivity index (χ4n) is 2.18. The molecule has 0 bridgehead atoms. The van der Waals surface area contributed by atoms with Crippen molar-refractivity contribution in [1.82, 2.24) is 0 Å². The Morgan fingerprint density at radius 2 is 1.70 bits per heavy atom. The molecule has 0 fully saturated rings. The number of benzene rings is 2. The van der Waals surface area contributed by atoms with Gasteiger partial charge in [-0.1, -0.05) is 29.8 Å². The van der Waals surface area contributed by atoms with Crippen molar-refractivity contribution in [2.24, 2.45) is 0 Å². The highest BCUT2D eigenvalue weighted by Gasteiger charge is 2.23. The fourth-order valence-corrected chi connectivity index (χ4v) is 2.34. The lowest BCUT2D eigenvalue weighted by Gasteiger charge is -2.24. The van der Waals surface area contributed by atoms with Gasteiger partial charge in [0.2, 0.25) is 0 Å². The molecule has 106 valence electrons. The van der Waals surface area contributed by atoms with Crippen LogP contribution in [0.2, 0.25) is 5.02 Å². The molecule has 1 unspecified atom stereocenters. The van der Waals surface area contributed by atoms with Crippen LogP contribution in [-0.2, 0) is 12.8 Å². The van der Waals surface area contributed by atoms with Gasteiger partial charge in [0.25, 0.3) is 0 Å². The summed E-state index contributed by atoms with van der Waals surface area (Å²) in [4.78, 5) is 0. The zero-order valence-corrected chi connectivity index (χ0v) is 11.8. The molecule has 0 aliphatic carbocycles. The Morgan fingerprint density at radius 3 is 2.30 bits per heavy atom. The molecule has 0 radical (unpaired) electrons. The van der Waals surface area contributed by atoms with Crippen molar-refractivity contribution >= 4 is 11.6 Å². The molecule has 1 N–H and O–H groups in total. The van der Waals surface area contributed by atoms with Gasteiger partial charge in [-0.25, -0.2) is 8.78 Å². The van der Waals surface area contributed by atoms with E-state index < -0.39 is 11.4 Å². The first-order valence-corrected chi connectivity index (χ1v) is 6.64. The molecule has 0 spiro atoms. The van der Waals surface area contributed by atoms with Gasteiger partial charge >= 0.3 is 0 Å². The molecule has 2 aromatic rings. The normalized spacial score (nSPS) is 14.1. The van der Waals surface area contributed by atoms with Crippen LogP contribution in [0.5, 0.6) is 0 Å². The first-order valence-electron chi connectivity index (χ1n) is 6.26. The highest BCUT2D eigenvalue weighted by molar-refractivity contribution is 6.30. The van der Waals surface area contributed by atoms with Gasteiger partial charge < -0.3 is 5.11 Å². The Morgan fingerprint density at radius 1 is 1.05 bits per heavy atom. The molecule has 4 heteroatoms. The summed E-state index contributed by atoms with van der Waals surface area (Å²) in [6.07, 6.45) is 0.475. The largest absolute Gasteiger partial charge is 0.389 e. The lowest BCUT2D eigenvalue weighted by molar-refractivity contribution is 0.0599. The second-order valence-corrected chi connectivity index (χ2v) is 5.65. The number of rotatable bonds is 4. The van der Waals surface area contributed by atoms with Crippen LogP contribution in [0.25, 0.3) is 0 Å². The lowest BCUT2D eigenvalue weighted by Crippen LogP contribution is -2.30. The summed E-state index contributed by atoms with van der Waals surface area (Å²) in [5, 5.41) is 10.7. The molecule has 0 saturated heterocycles. The number of aliphatic hydroxyl groups is 1. The van der Waals surface area contributed by atoms with Crippen LogP contribution in [0, 0.1) is 11.6 Å². The number of hydrogen-bond acceptors (Lipinski definition) is 1. The second-order valence-electron chi connectivity index (χ2n) is 5.21. The van der Waals surface area contributed by atoms with E-state index in [9.17, 15) is 13.9 Å². The smallest absolute Gasteiger partial charge is 0.127 e. The van der Waals surface area contributed by atoms with Gasteiger partial charge in [-0.05, 0) is 42.3 Å². The molecular weight excluding hydrogens is 282 g/mol. The van der Waals surface area contributed by atoms with E-state index in [0.717, 1.165) is 5.56 Å². The van der Waals surface area contributed by atoms with E-state index in [1.165, 1.54) is 18.2 Å². The van der Waals surface area contributed by atoms with E-state index in [4.69, 9.17) is 11.6 Å². The van der Waals surface area contributed by atoms with Crippen molar-refractivity contribution in [3.8, 4) is 0 Å². The summed E-state index contributed by atoms with van der Waals surface area (Å²) >= 11 is 5.69. The van der Waals surface area contributed by atoms with Crippen molar-refractivity contribution in [3.63, 3.8) is 0 Å². The van der Waals surface area contributed by atoms with Gasteiger partial charge in [0.1, 0.15) is 11.6 Å². The summed E-state index contributed by atoms with van der Waals surface area (Å²) in [7, 11) is 0. The van der Waals surface area contributed by atoms with Gasteiger partial charge in [-0.3, -0.25) is 0 Å². The van der Waals surface area contributed by atoms with E-state index in [-0.39, 0.29) is 12.2 Å². The third-order valence-corrected chi connectivity index (χ3v) is 3.32. The van der Waals surface area contributed by atoms with Crippen molar-refractivity contribution < 1.29 is 13.9 Å². The molecular formula is C16H15ClF2O. The minimum Gasteiger partial charge on any atom is -0.389 e. The van der Waals surface area contributed by atoms with E-state index >= 15 is 0 Å². The highest BCUT2D eigenvalue weighted by Crippen LogP contribution is 2.22. The van der Waals surface area contributed by atoms with Crippen LogP contribution in [-0.4, -0.2) is 10.7 Å². The molecule has 0 aliphatic rings. The van der Waals surface area contributed by atoms with E-state index in [2.05, 4.69) is 0 Å². The summed E-state index contributed by atoms with van der Waals surface area (Å²) in [5.74, 6) is -0.756. The van der Waals surface area contributed by atoms with Crippen LogP contribution < -0.4 is 0 Å². The molecule has 1 nitrogen and oxygen atoms in total. The fraction of sp³-hybridized carbons (Fsp3) is 0.250. The highest BCUT2D eigenvalue weighted by atomic mass is 35.5. The first kappa shape index (κ1) is 14.9.